The van der Waals surface area contributed by atoms with E-state index in [0.29, 0.717) is 5.11 Å². The highest BCUT2D eigenvalue weighted by atomic mass is 32.1. The molecule has 0 saturated carbocycles. The van der Waals surface area contributed by atoms with Crippen molar-refractivity contribution in [2.24, 2.45) is 5.84 Å². The molecule has 5 nitrogen and oxygen atoms in total. The molecular formula is C3H11N5S. The summed E-state index contributed by atoms with van der Waals surface area (Å²) in [6, 6.07) is 0. The molecule has 0 amide bonds. The minimum Gasteiger partial charge on any atom is -0.362 e. The highest BCUT2D eigenvalue weighted by Crippen LogP contribution is 1.58. The molecule has 9 heavy (non-hydrogen) atoms. The van der Waals surface area contributed by atoms with Gasteiger partial charge in [-0.15, -0.1) is 0 Å². The molecule has 0 radical (unpaired) electrons. The van der Waals surface area contributed by atoms with Gasteiger partial charge in [0.05, 0.1) is 0 Å². The Morgan fingerprint density at radius 1 is 1.67 bits per heavy atom. The fraction of sp³-hybridized carbons (Fsp3) is 0.667. The van der Waals surface area contributed by atoms with Crippen LogP contribution in [-0.4, -0.2) is 11.7 Å². The Hall–Kier alpha value is -0.430. The summed E-state index contributed by atoms with van der Waals surface area (Å²) in [6.07, 6.45) is 0. The number of hydrazine groups is 3. The van der Waals surface area contributed by atoms with Crippen LogP contribution in [0.4, 0.5) is 0 Å². The van der Waals surface area contributed by atoms with Crippen LogP contribution in [0.15, 0.2) is 0 Å². The molecule has 0 atom stereocenters. The van der Waals surface area contributed by atoms with Crippen molar-refractivity contribution in [3.8, 4) is 0 Å². The summed E-state index contributed by atoms with van der Waals surface area (Å²) in [5, 5.41) is 3.35. The van der Waals surface area contributed by atoms with E-state index in [1.54, 1.807) is 0 Å². The lowest BCUT2D eigenvalue weighted by atomic mass is 10.8. The molecule has 0 fully saturated rings. The summed E-state index contributed by atoms with van der Waals surface area (Å²) in [5.74, 6) is 4.86. The van der Waals surface area contributed by atoms with Gasteiger partial charge < -0.3 is 5.32 Å². The SMILES string of the molecule is CCNC(=S)NNNN. The van der Waals surface area contributed by atoms with Crippen LogP contribution in [0.3, 0.4) is 0 Å². The summed E-state index contributed by atoms with van der Waals surface area (Å²) in [7, 11) is 0. The normalized spacial score (nSPS) is 8.67. The Kier molecular flexibility index (Phi) is 5.43. The van der Waals surface area contributed by atoms with Gasteiger partial charge in [-0.25, -0.2) is 0 Å². The average Bonchev–Trinajstić information content (AvgIpc) is 1.85. The molecule has 6 N–H and O–H groups in total. The fourth-order valence-electron chi connectivity index (χ4n) is 0.298. The molecule has 6 heteroatoms. The van der Waals surface area contributed by atoms with Crippen LogP contribution in [0.5, 0.6) is 0 Å². The second kappa shape index (κ2) is 5.70. The van der Waals surface area contributed by atoms with Crippen molar-refractivity contribution >= 4 is 17.3 Å². The lowest BCUT2D eigenvalue weighted by molar-refractivity contribution is 0.519. The molecule has 0 bridgehead atoms. The van der Waals surface area contributed by atoms with Crippen molar-refractivity contribution < 1.29 is 0 Å². The third-order valence-corrected chi connectivity index (χ3v) is 0.832. The Morgan fingerprint density at radius 3 is 2.78 bits per heavy atom. The van der Waals surface area contributed by atoms with Gasteiger partial charge in [0.25, 0.3) is 0 Å². The minimum absolute atomic E-state index is 0.510. The molecular weight excluding hydrogens is 138 g/mol. The van der Waals surface area contributed by atoms with E-state index in [1.807, 2.05) is 6.92 Å². The predicted octanol–water partition coefficient (Wildman–Crippen LogP) is -1.65. The van der Waals surface area contributed by atoms with Crippen LogP contribution in [0.25, 0.3) is 0 Å². The summed E-state index contributed by atoms with van der Waals surface area (Å²) in [6.45, 7) is 2.74. The zero-order valence-corrected chi connectivity index (χ0v) is 6.01. The number of hydrogen-bond acceptors (Lipinski definition) is 4. The van der Waals surface area contributed by atoms with Gasteiger partial charge in [0.1, 0.15) is 0 Å². The average molecular weight is 149 g/mol. The molecule has 0 rings (SSSR count). The molecule has 0 saturated heterocycles. The van der Waals surface area contributed by atoms with Crippen LogP contribution in [-0.2, 0) is 0 Å². The first-order valence-electron chi connectivity index (χ1n) is 2.55. The van der Waals surface area contributed by atoms with E-state index in [4.69, 9.17) is 18.1 Å². The van der Waals surface area contributed by atoms with Gasteiger partial charge in [0, 0.05) is 6.54 Å². The smallest absolute Gasteiger partial charge is 0.181 e. The first-order chi connectivity index (χ1) is 4.31. The Morgan fingerprint density at radius 2 is 2.33 bits per heavy atom. The maximum absolute atomic E-state index is 4.86. The van der Waals surface area contributed by atoms with Crippen molar-refractivity contribution in [3.05, 3.63) is 0 Å². The monoisotopic (exact) mass is 149 g/mol. The van der Waals surface area contributed by atoms with E-state index < -0.39 is 0 Å². The number of nitrogens with two attached hydrogens (primary N) is 1. The van der Waals surface area contributed by atoms with Crippen molar-refractivity contribution in [1.82, 2.24) is 21.8 Å². The lowest BCUT2D eigenvalue weighted by Crippen LogP contribution is -2.52. The maximum atomic E-state index is 4.86. The van der Waals surface area contributed by atoms with Crippen molar-refractivity contribution in [3.63, 3.8) is 0 Å². The second-order valence-corrected chi connectivity index (χ2v) is 1.66. The zero-order chi connectivity index (χ0) is 7.11. The van der Waals surface area contributed by atoms with E-state index in [-0.39, 0.29) is 0 Å². The predicted molar refractivity (Wildman–Crippen MR) is 39.9 cm³/mol. The first kappa shape index (κ1) is 8.57. The van der Waals surface area contributed by atoms with Gasteiger partial charge in [0.15, 0.2) is 5.11 Å². The van der Waals surface area contributed by atoms with Gasteiger partial charge in [0.2, 0.25) is 0 Å². The number of nitrogens with one attached hydrogen (secondary N) is 4. The first-order valence-corrected chi connectivity index (χ1v) is 2.96. The molecule has 0 aromatic carbocycles. The van der Waals surface area contributed by atoms with Gasteiger partial charge in [-0.05, 0) is 19.1 Å². The Balaban J connectivity index is 3.06. The summed E-state index contributed by atoms with van der Waals surface area (Å²) >= 11 is 4.74. The van der Waals surface area contributed by atoms with E-state index in [2.05, 4.69) is 21.8 Å². The summed E-state index contributed by atoms with van der Waals surface area (Å²) in [5.41, 5.74) is 7.14. The molecule has 0 unspecified atom stereocenters. The molecule has 0 heterocycles. The number of rotatable bonds is 3. The van der Waals surface area contributed by atoms with E-state index in [0.717, 1.165) is 6.54 Å². The Bertz CT molecular complexity index is 84.3. The standard InChI is InChI=1S/C3H11N5S/c1-2-5-3(9)6-8-7-4/h7-8H,2,4H2,1H3,(H2,5,6,9). The zero-order valence-electron chi connectivity index (χ0n) is 5.19. The third-order valence-electron chi connectivity index (χ3n) is 0.586. The van der Waals surface area contributed by atoms with Gasteiger partial charge in [-0.1, -0.05) is 0 Å². The molecule has 0 aromatic rings. The molecule has 0 aliphatic carbocycles. The number of thiocarbonyl (C=S) groups is 1. The quantitative estimate of drug-likeness (QED) is 0.188. The van der Waals surface area contributed by atoms with Gasteiger partial charge in [-0.2, -0.15) is 11.1 Å². The second-order valence-electron chi connectivity index (χ2n) is 1.25. The topological polar surface area (TPSA) is 74.1 Å². The maximum Gasteiger partial charge on any atom is 0.181 e. The highest BCUT2D eigenvalue weighted by molar-refractivity contribution is 7.80. The van der Waals surface area contributed by atoms with Crippen molar-refractivity contribution in [2.45, 2.75) is 6.92 Å². The molecule has 0 spiro atoms. The van der Waals surface area contributed by atoms with E-state index in [9.17, 15) is 0 Å². The molecule has 54 valence electrons. The third kappa shape index (κ3) is 5.44. The van der Waals surface area contributed by atoms with Crippen molar-refractivity contribution in [1.29, 1.82) is 0 Å². The Labute approximate surface area is 59.3 Å². The van der Waals surface area contributed by atoms with Crippen molar-refractivity contribution in [2.75, 3.05) is 6.54 Å². The van der Waals surface area contributed by atoms with Gasteiger partial charge >= 0.3 is 0 Å². The largest absolute Gasteiger partial charge is 0.362 e. The van der Waals surface area contributed by atoms with Crippen LogP contribution in [0.2, 0.25) is 0 Å². The fourth-order valence-corrected chi connectivity index (χ4v) is 0.493. The highest BCUT2D eigenvalue weighted by Gasteiger charge is 1.85. The lowest BCUT2D eigenvalue weighted by Gasteiger charge is -2.07. The number of hydrogen-bond donors (Lipinski definition) is 5. The van der Waals surface area contributed by atoms with Crippen LogP contribution in [0.1, 0.15) is 6.92 Å². The minimum atomic E-state index is 0.510. The summed E-state index contributed by atoms with van der Waals surface area (Å²) < 4.78 is 0. The van der Waals surface area contributed by atoms with Gasteiger partial charge in [-0.3, -0.25) is 11.3 Å². The summed E-state index contributed by atoms with van der Waals surface area (Å²) in [4.78, 5) is 0. The van der Waals surface area contributed by atoms with E-state index in [1.165, 1.54) is 0 Å². The van der Waals surface area contributed by atoms with Crippen LogP contribution < -0.4 is 27.7 Å². The van der Waals surface area contributed by atoms with Crippen LogP contribution in [0, 0.1) is 0 Å². The molecule has 0 aliphatic rings. The molecule has 0 aliphatic heterocycles. The van der Waals surface area contributed by atoms with Crippen LogP contribution >= 0.6 is 12.2 Å². The molecule has 0 aromatic heterocycles. The van der Waals surface area contributed by atoms with E-state index >= 15 is 0 Å².